The molecule has 3 aromatic rings. The van der Waals surface area contributed by atoms with Crippen LogP contribution in [0.5, 0.6) is 0 Å². The number of hydrogen-bond donors (Lipinski definition) is 1. The molecule has 0 saturated carbocycles. The molecular formula is C23H21BN2O5. The zero-order valence-corrected chi connectivity index (χ0v) is 16.8. The van der Waals surface area contributed by atoms with Crippen LogP contribution in [-0.2, 0) is 16.0 Å². The van der Waals surface area contributed by atoms with Gasteiger partial charge in [-0.1, -0.05) is 36.4 Å². The number of hydrogen-bond acceptors (Lipinski definition) is 7. The Balaban J connectivity index is 1.57. The fraction of sp³-hybridized carbons (Fsp3) is 0.217. The first-order valence-corrected chi connectivity index (χ1v) is 10.1. The summed E-state index contributed by atoms with van der Waals surface area (Å²) in [5, 5.41) is 9.30. The summed E-state index contributed by atoms with van der Waals surface area (Å²) in [6.45, 7) is -0.713. The van der Waals surface area contributed by atoms with Crippen molar-refractivity contribution >= 4 is 18.9 Å². The Morgan fingerprint density at radius 1 is 0.903 bits per heavy atom. The fourth-order valence-corrected chi connectivity index (χ4v) is 3.79. The first-order valence-electron chi connectivity index (χ1n) is 10.1. The molecule has 156 valence electrons. The molecule has 1 fully saturated rings. The van der Waals surface area contributed by atoms with Gasteiger partial charge < -0.3 is 14.5 Å². The monoisotopic (exact) mass is 416 g/mol. The van der Waals surface area contributed by atoms with Crippen molar-refractivity contribution in [2.24, 2.45) is 0 Å². The smallest absolute Gasteiger partial charge is 0.410 e. The lowest BCUT2D eigenvalue weighted by Gasteiger charge is -2.22. The standard InChI is InChI=1S/C23H21BN2O5/c27-15-16-7-9-17(10-8-16)18-11-12-21(30-22(28)19-5-1-3-13-25-19)24(18)31-23(29)20-6-2-4-14-26-20/h1-10,13-14,18,21,27H,11-12,15H2. The number of carbonyl (C=O) groups excluding carboxylic acids is 2. The SMILES string of the molecule is O=C(OB1C(OC(=O)c2ccccn2)CCC1c1ccc(CO)cc1)c1ccccn1. The maximum absolute atomic E-state index is 12.7. The van der Waals surface area contributed by atoms with Gasteiger partial charge in [-0.3, -0.25) is 0 Å². The van der Waals surface area contributed by atoms with E-state index >= 15 is 0 Å². The van der Waals surface area contributed by atoms with Crippen LogP contribution >= 0.6 is 0 Å². The van der Waals surface area contributed by atoms with Gasteiger partial charge in [0.1, 0.15) is 17.4 Å². The summed E-state index contributed by atoms with van der Waals surface area (Å²) in [5.41, 5.74) is 2.14. The Bertz CT molecular complexity index is 1030. The van der Waals surface area contributed by atoms with Crippen LogP contribution < -0.4 is 0 Å². The predicted octanol–water partition coefficient (Wildman–Crippen LogP) is 3.00. The van der Waals surface area contributed by atoms with Gasteiger partial charge in [0.2, 0.25) is 0 Å². The van der Waals surface area contributed by atoms with Crippen molar-refractivity contribution in [2.45, 2.75) is 31.3 Å². The van der Waals surface area contributed by atoms with Gasteiger partial charge in [-0.25, -0.2) is 19.6 Å². The van der Waals surface area contributed by atoms with Crippen LogP contribution in [0, 0.1) is 0 Å². The topological polar surface area (TPSA) is 98.6 Å². The van der Waals surface area contributed by atoms with Gasteiger partial charge in [-0.2, -0.15) is 0 Å². The van der Waals surface area contributed by atoms with Crippen LogP contribution in [0.25, 0.3) is 0 Å². The number of rotatable bonds is 6. The highest BCUT2D eigenvalue weighted by molar-refractivity contribution is 6.58. The van der Waals surface area contributed by atoms with E-state index in [1.165, 1.54) is 12.4 Å². The second kappa shape index (κ2) is 9.53. The van der Waals surface area contributed by atoms with Crippen LogP contribution in [-0.4, -0.2) is 39.9 Å². The number of nitrogens with zero attached hydrogens (tertiary/aromatic N) is 2. The summed E-state index contributed by atoms with van der Waals surface area (Å²) in [4.78, 5) is 33.4. The molecular weight excluding hydrogens is 395 g/mol. The Morgan fingerprint density at radius 3 is 2.13 bits per heavy atom. The van der Waals surface area contributed by atoms with Gasteiger partial charge in [0.25, 0.3) is 0 Å². The van der Waals surface area contributed by atoms with Gasteiger partial charge in [0.05, 0.1) is 6.61 Å². The predicted molar refractivity (Wildman–Crippen MR) is 113 cm³/mol. The summed E-state index contributed by atoms with van der Waals surface area (Å²) in [5.74, 6) is -1.27. The van der Waals surface area contributed by atoms with E-state index in [0.29, 0.717) is 12.8 Å². The molecule has 1 aliphatic rings. The van der Waals surface area contributed by atoms with Gasteiger partial charge in [0.15, 0.2) is 0 Å². The third kappa shape index (κ3) is 4.80. The summed E-state index contributed by atoms with van der Waals surface area (Å²) < 4.78 is 11.5. The molecule has 8 heteroatoms. The van der Waals surface area contributed by atoms with Crippen molar-refractivity contribution in [3.8, 4) is 0 Å². The first kappa shape index (κ1) is 20.7. The van der Waals surface area contributed by atoms with E-state index in [0.717, 1.165) is 11.1 Å². The second-order valence-corrected chi connectivity index (χ2v) is 7.33. The van der Waals surface area contributed by atoms with Crippen LogP contribution in [0.1, 0.15) is 50.8 Å². The lowest BCUT2D eigenvalue weighted by atomic mass is 9.54. The van der Waals surface area contributed by atoms with Crippen molar-refractivity contribution in [2.75, 3.05) is 0 Å². The number of aromatic nitrogens is 2. The van der Waals surface area contributed by atoms with Crippen LogP contribution in [0.4, 0.5) is 0 Å². The van der Waals surface area contributed by atoms with Gasteiger partial charge in [0, 0.05) is 18.2 Å². The lowest BCUT2D eigenvalue weighted by Crippen LogP contribution is -2.39. The van der Waals surface area contributed by atoms with Crippen LogP contribution in [0.2, 0.25) is 0 Å². The number of benzene rings is 1. The zero-order valence-electron chi connectivity index (χ0n) is 16.8. The lowest BCUT2D eigenvalue weighted by molar-refractivity contribution is 0.0392. The number of pyridine rings is 2. The van der Waals surface area contributed by atoms with E-state index in [4.69, 9.17) is 9.39 Å². The summed E-state index contributed by atoms with van der Waals surface area (Å²) >= 11 is 0. The van der Waals surface area contributed by atoms with Crippen molar-refractivity contribution < 1.29 is 24.1 Å². The average molecular weight is 416 g/mol. The number of carbonyl (C=O) groups is 2. The van der Waals surface area contributed by atoms with E-state index in [2.05, 4.69) is 9.97 Å². The van der Waals surface area contributed by atoms with E-state index in [1.54, 1.807) is 36.4 Å². The quantitative estimate of drug-likeness (QED) is 0.487. The normalized spacial score (nSPS) is 17.9. The van der Waals surface area contributed by atoms with E-state index < -0.39 is 24.9 Å². The van der Waals surface area contributed by atoms with Crippen LogP contribution in [0.15, 0.2) is 73.1 Å². The van der Waals surface area contributed by atoms with E-state index in [9.17, 15) is 14.7 Å². The maximum atomic E-state index is 12.7. The third-order valence-corrected chi connectivity index (χ3v) is 5.37. The number of esters is 1. The van der Waals surface area contributed by atoms with Gasteiger partial charge in [-0.05, 0) is 48.2 Å². The Kier molecular flexibility index (Phi) is 6.38. The highest BCUT2D eigenvalue weighted by Crippen LogP contribution is 2.36. The van der Waals surface area contributed by atoms with Crippen molar-refractivity contribution in [3.05, 3.63) is 95.6 Å². The average Bonchev–Trinajstić information content (AvgIpc) is 3.22. The molecule has 1 aliphatic heterocycles. The minimum Gasteiger partial charge on any atom is -0.527 e. The highest BCUT2D eigenvalue weighted by Gasteiger charge is 2.48. The maximum Gasteiger partial charge on any atom is 0.410 e. The molecule has 2 aromatic heterocycles. The molecule has 31 heavy (non-hydrogen) atoms. The highest BCUT2D eigenvalue weighted by atomic mass is 16.6. The molecule has 0 radical (unpaired) electrons. The number of ether oxygens (including phenoxy) is 1. The summed E-state index contributed by atoms with van der Waals surface area (Å²) in [7, 11) is 0. The Hall–Kier alpha value is -3.52. The molecule has 4 rings (SSSR count). The molecule has 0 bridgehead atoms. The van der Waals surface area contributed by atoms with E-state index in [1.807, 2.05) is 24.3 Å². The Labute approximate surface area is 180 Å². The molecule has 0 spiro atoms. The largest absolute Gasteiger partial charge is 0.527 e. The zero-order chi connectivity index (χ0) is 21.6. The third-order valence-electron chi connectivity index (χ3n) is 5.37. The molecule has 0 amide bonds. The molecule has 7 nitrogen and oxygen atoms in total. The molecule has 3 heterocycles. The van der Waals surface area contributed by atoms with Crippen LogP contribution in [0.3, 0.4) is 0 Å². The van der Waals surface area contributed by atoms with Gasteiger partial charge >= 0.3 is 18.9 Å². The molecule has 2 atom stereocenters. The molecule has 0 aliphatic carbocycles. The minimum atomic E-state index is -0.665. The summed E-state index contributed by atoms with van der Waals surface area (Å²) in [6, 6.07) is 16.9. The molecule has 2 unspecified atom stereocenters. The number of aliphatic hydroxyl groups is 1. The molecule has 1 N–H and O–H groups in total. The first-order chi connectivity index (χ1) is 15.2. The second-order valence-electron chi connectivity index (χ2n) is 7.33. The van der Waals surface area contributed by atoms with Crippen molar-refractivity contribution in [3.63, 3.8) is 0 Å². The van der Waals surface area contributed by atoms with E-state index in [-0.39, 0.29) is 23.8 Å². The van der Waals surface area contributed by atoms with Crippen molar-refractivity contribution in [1.82, 2.24) is 9.97 Å². The number of aliphatic hydroxyl groups excluding tert-OH is 1. The van der Waals surface area contributed by atoms with Crippen molar-refractivity contribution in [1.29, 1.82) is 0 Å². The molecule has 1 aromatic carbocycles. The van der Waals surface area contributed by atoms with Gasteiger partial charge in [-0.15, -0.1) is 0 Å². The minimum absolute atomic E-state index is 0.0483. The summed E-state index contributed by atoms with van der Waals surface area (Å²) in [6.07, 6.45) is 4.27. The fourth-order valence-electron chi connectivity index (χ4n) is 3.79. The molecule has 1 saturated heterocycles. The Morgan fingerprint density at radius 2 is 1.55 bits per heavy atom.